The quantitative estimate of drug-likeness (QED) is 0.737. The van der Waals surface area contributed by atoms with E-state index in [1.54, 1.807) is 0 Å². The number of nitrogens with two attached hydrogens (primary N) is 1. The van der Waals surface area contributed by atoms with Crippen molar-refractivity contribution in [2.45, 2.75) is 19.3 Å². The zero-order valence-electron chi connectivity index (χ0n) is 10.5. The standard InChI is InChI=1S/C15H17N3/c1-2-10(8-16)11-3-4-14-12(7-11)13-9-17-6-5-15(13)18-14/h3-7,9-10,18H,2,8,16H2,1H3. The molecule has 2 heterocycles. The van der Waals surface area contributed by atoms with Crippen LogP contribution in [0.1, 0.15) is 24.8 Å². The van der Waals surface area contributed by atoms with Crippen LogP contribution in [-0.2, 0) is 0 Å². The van der Waals surface area contributed by atoms with Gasteiger partial charge in [-0.05, 0) is 42.6 Å². The van der Waals surface area contributed by atoms with Gasteiger partial charge in [-0.3, -0.25) is 4.98 Å². The van der Waals surface area contributed by atoms with Crippen molar-refractivity contribution in [2.75, 3.05) is 6.54 Å². The Balaban J connectivity index is 2.24. The van der Waals surface area contributed by atoms with Crippen molar-refractivity contribution in [3.8, 4) is 0 Å². The van der Waals surface area contributed by atoms with E-state index in [2.05, 4.69) is 35.1 Å². The fourth-order valence-electron chi connectivity index (χ4n) is 2.55. The maximum absolute atomic E-state index is 5.83. The minimum absolute atomic E-state index is 0.441. The third-order valence-electron chi connectivity index (χ3n) is 3.67. The molecule has 0 bridgehead atoms. The highest BCUT2D eigenvalue weighted by molar-refractivity contribution is 6.06. The summed E-state index contributed by atoms with van der Waals surface area (Å²) in [4.78, 5) is 7.61. The molecule has 1 unspecified atom stereocenters. The summed E-state index contributed by atoms with van der Waals surface area (Å²) in [6.07, 6.45) is 4.80. The Morgan fingerprint density at radius 3 is 2.83 bits per heavy atom. The molecule has 2 aromatic heterocycles. The Kier molecular flexibility index (Phi) is 2.76. The first kappa shape index (κ1) is 11.2. The average Bonchev–Trinajstić information content (AvgIpc) is 2.78. The van der Waals surface area contributed by atoms with E-state index in [0.29, 0.717) is 12.5 Å². The maximum atomic E-state index is 5.83. The van der Waals surface area contributed by atoms with Gasteiger partial charge in [0.25, 0.3) is 0 Å². The van der Waals surface area contributed by atoms with Crippen LogP contribution in [0.4, 0.5) is 0 Å². The molecule has 0 aliphatic heterocycles. The molecule has 0 amide bonds. The van der Waals surface area contributed by atoms with Crippen molar-refractivity contribution < 1.29 is 0 Å². The number of rotatable bonds is 3. The van der Waals surface area contributed by atoms with E-state index in [0.717, 1.165) is 17.5 Å². The Hall–Kier alpha value is -1.87. The molecule has 0 spiro atoms. The number of pyridine rings is 1. The number of nitrogens with one attached hydrogen (secondary N) is 1. The molecule has 0 aliphatic rings. The van der Waals surface area contributed by atoms with Gasteiger partial charge in [-0.25, -0.2) is 0 Å². The van der Waals surface area contributed by atoms with Crippen LogP contribution in [-0.4, -0.2) is 16.5 Å². The lowest BCUT2D eigenvalue weighted by molar-refractivity contribution is 0.675. The molecule has 0 saturated carbocycles. The molecule has 3 N–H and O–H groups in total. The molecular weight excluding hydrogens is 222 g/mol. The van der Waals surface area contributed by atoms with Gasteiger partial charge in [-0.2, -0.15) is 0 Å². The van der Waals surface area contributed by atoms with E-state index in [1.807, 2.05) is 18.5 Å². The summed E-state index contributed by atoms with van der Waals surface area (Å²) >= 11 is 0. The van der Waals surface area contributed by atoms with Gasteiger partial charge in [0.15, 0.2) is 0 Å². The number of benzene rings is 1. The van der Waals surface area contributed by atoms with Gasteiger partial charge in [0, 0.05) is 34.2 Å². The minimum Gasteiger partial charge on any atom is -0.354 e. The number of nitrogens with zero attached hydrogens (tertiary/aromatic N) is 1. The summed E-state index contributed by atoms with van der Waals surface area (Å²) in [6.45, 7) is 2.88. The molecule has 18 heavy (non-hydrogen) atoms. The molecule has 3 nitrogen and oxygen atoms in total. The maximum Gasteiger partial charge on any atom is 0.0495 e. The number of hydrogen-bond acceptors (Lipinski definition) is 2. The largest absolute Gasteiger partial charge is 0.354 e. The number of H-pyrrole nitrogens is 1. The van der Waals surface area contributed by atoms with Crippen LogP contribution in [0.3, 0.4) is 0 Å². The van der Waals surface area contributed by atoms with E-state index in [4.69, 9.17) is 5.73 Å². The summed E-state index contributed by atoms with van der Waals surface area (Å²) < 4.78 is 0. The van der Waals surface area contributed by atoms with Crippen LogP contribution in [0.5, 0.6) is 0 Å². The fourth-order valence-corrected chi connectivity index (χ4v) is 2.55. The van der Waals surface area contributed by atoms with Gasteiger partial charge < -0.3 is 10.7 Å². The molecule has 3 rings (SSSR count). The van der Waals surface area contributed by atoms with Crippen molar-refractivity contribution in [2.24, 2.45) is 5.73 Å². The van der Waals surface area contributed by atoms with Crippen molar-refractivity contribution in [3.63, 3.8) is 0 Å². The van der Waals surface area contributed by atoms with Crippen molar-refractivity contribution in [3.05, 3.63) is 42.2 Å². The number of aromatic nitrogens is 2. The van der Waals surface area contributed by atoms with Crippen molar-refractivity contribution >= 4 is 21.8 Å². The van der Waals surface area contributed by atoms with Crippen molar-refractivity contribution in [1.29, 1.82) is 0 Å². The lowest BCUT2D eigenvalue weighted by atomic mass is 9.95. The Labute approximate surface area is 106 Å². The van der Waals surface area contributed by atoms with E-state index >= 15 is 0 Å². The molecule has 0 saturated heterocycles. The molecule has 0 aliphatic carbocycles. The number of hydrogen-bond donors (Lipinski definition) is 2. The van der Waals surface area contributed by atoms with Gasteiger partial charge in [0.2, 0.25) is 0 Å². The molecule has 1 aromatic carbocycles. The molecular formula is C15H17N3. The monoisotopic (exact) mass is 239 g/mol. The van der Waals surface area contributed by atoms with Gasteiger partial charge in [-0.1, -0.05) is 13.0 Å². The third kappa shape index (κ3) is 1.68. The minimum atomic E-state index is 0.441. The lowest BCUT2D eigenvalue weighted by Crippen LogP contribution is -2.11. The smallest absolute Gasteiger partial charge is 0.0495 e. The first-order chi connectivity index (χ1) is 8.83. The lowest BCUT2D eigenvalue weighted by Gasteiger charge is -2.12. The van der Waals surface area contributed by atoms with Crippen molar-refractivity contribution in [1.82, 2.24) is 9.97 Å². The van der Waals surface area contributed by atoms with Gasteiger partial charge >= 0.3 is 0 Å². The normalized spacial score (nSPS) is 13.2. The van der Waals surface area contributed by atoms with Crippen LogP contribution in [0.25, 0.3) is 21.8 Å². The van der Waals surface area contributed by atoms with Crippen LogP contribution in [0, 0.1) is 0 Å². The highest BCUT2D eigenvalue weighted by Gasteiger charge is 2.10. The average molecular weight is 239 g/mol. The van der Waals surface area contributed by atoms with Gasteiger partial charge in [-0.15, -0.1) is 0 Å². The number of aromatic amines is 1. The summed E-state index contributed by atoms with van der Waals surface area (Å²) in [5.41, 5.74) is 9.44. The Morgan fingerprint density at radius 1 is 1.22 bits per heavy atom. The van der Waals surface area contributed by atoms with Crippen LogP contribution < -0.4 is 5.73 Å². The first-order valence-electron chi connectivity index (χ1n) is 6.39. The third-order valence-corrected chi connectivity index (χ3v) is 3.67. The van der Waals surface area contributed by atoms with E-state index in [-0.39, 0.29) is 0 Å². The second-order valence-electron chi connectivity index (χ2n) is 4.69. The summed E-state index contributed by atoms with van der Waals surface area (Å²) in [5.74, 6) is 0.441. The van der Waals surface area contributed by atoms with E-state index in [9.17, 15) is 0 Å². The first-order valence-corrected chi connectivity index (χ1v) is 6.39. The zero-order chi connectivity index (χ0) is 12.5. The molecule has 3 aromatic rings. The van der Waals surface area contributed by atoms with E-state index < -0.39 is 0 Å². The van der Waals surface area contributed by atoms with E-state index in [1.165, 1.54) is 16.3 Å². The SMILES string of the molecule is CCC(CN)c1ccc2[nH]c3ccncc3c2c1. The summed E-state index contributed by atoms with van der Waals surface area (Å²) in [7, 11) is 0. The second-order valence-corrected chi connectivity index (χ2v) is 4.69. The molecule has 0 radical (unpaired) electrons. The molecule has 92 valence electrons. The van der Waals surface area contributed by atoms with Gasteiger partial charge in [0.1, 0.15) is 0 Å². The molecule has 0 fully saturated rings. The Bertz CT molecular complexity index is 680. The number of fused-ring (bicyclic) bond motifs is 3. The Morgan fingerprint density at radius 2 is 2.06 bits per heavy atom. The predicted octanol–water partition coefficient (Wildman–Crippen LogP) is 3.17. The van der Waals surface area contributed by atoms with Crippen LogP contribution in [0.15, 0.2) is 36.7 Å². The highest BCUT2D eigenvalue weighted by atomic mass is 14.7. The summed E-state index contributed by atoms with van der Waals surface area (Å²) in [6, 6.07) is 8.57. The molecule has 3 heteroatoms. The summed E-state index contributed by atoms with van der Waals surface area (Å²) in [5, 5.41) is 2.42. The predicted molar refractivity (Wildman–Crippen MR) is 75.7 cm³/mol. The topological polar surface area (TPSA) is 54.7 Å². The fraction of sp³-hybridized carbons (Fsp3) is 0.267. The van der Waals surface area contributed by atoms with Crippen LogP contribution in [0.2, 0.25) is 0 Å². The van der Waals surface area contributed by atoms with Gasteiger partial charge in [0.05, 0.1) is 0 Å². The van der Waals surface area contributed by atoms with Crippen LogP contribution >= 0.6 is 0 Å². The molecule has 1 atom stereocenters. The second kappa shape index (κ2) is 4.42. The highest BCUT2D eigenvalue weighted by Crippen LogP contribution is 2.28. The zero-order valence-corrected chi connectivity index (χ0v) is 10.5.